The number of rotatable bonds is 14. The summed E-state index contributed by atoms with van der Waals surface area (Å²) in [6.45, 7) is 2.36. The molecule has 8 atom stereocenters. The van der Waals surface area contributed by atoms with Crippen LogP contribution in [-0.4, -0.2) is 44.1 Å². The van der Waals surface area contributed by atoms with Crippen molar-refractivity contribution in [3.63, 3.8) is 0 Å². The molecule has 3 fully saturated rings. The van der Waals surface area contributed by atoms with E-state index in [9.17, 15) is 36.4 Å². The first-order valence-electron chi connectivity index (χ1n) is 16.7. The van der Waals surface area contributed by atoms with Gasteiger partial charge in [0.2, 0.25) is 0 Å². The second-order valence-electron chi connectivity index (χ2n) is 14.5. The van der Waals surface area contributed by atoms with E-state index in [-0.39, 0.29) is 46.2 Å². The molecule has 2 N–H and O–H groups in total. The predicted octanol–water partition coefficient (Wildman–Crippen LogP) is 9.54. The van der Waals surface area contributed by atoms with E-state index >= 15 is 4.39 Å². The molecule has 0 amide bonds. The zero-order valence-corrected chi connectivity index (χ0v) is 26.5. The van der Waals surface area contributed by atoms with Gasteiger partial charge in [0.15, 0.2) is 0 Å². The number of aliphatic hydroxyl groups is 1. The molecule has 0 bridgehead atoms. The number of phenols is 1. The maximum atomic E-state index is 16.4. The summed E-state index contributed by atoms with van der Waals surface area (Å²) < 4.78 is 91.1. The van der Waals surface area contributed by atoms with Gasteiger partial charge in [-0.05, 0) is 104 Å². The molecule has 0 aliphatic heterocycles. The van der Waals surface area contributed by atoms with E-state index in [0.29, 0.717) is 23.7 Å². The van der Waals surface area contributed by atoms with Crippen molar-refractivity contribution in [1.82, 2.24) is 0 Å². The van der Waals surface area contributed by atoms with Gasteiger partial charge in [-0.25, -0.2) is 4.39 Å². The largest absolute Gasteiger partial charge is 0.508 e. The van der Waals surface area contributed by atoms with Crippen molar-refractivity contribution >= 4 is 10.8 Å². The van der Waals surface area contributed by atoms with Gasteiger partial charge in [0, 0.05) is 34.1 Å². The lowest BCUT2D eigenvalue weighted by atomic mass is 9.50. The molecule has 3 nitrogen and oxygen atoms in total. The molecule has 1 spiro atoms. The van der Waals surface area contributed by atoms with Crippen LogP contribution in [0.4, 0.5) is 26.3 Å². The summed E-state index contributed by atoms with van der Waals surface area (Å²) in [5.74, 6) is -3.85. The maximum absolute atomic E-state index is 16.4. The number of hydrogen-bond acceptors (Lipinski definition) is 3. The fourth-order valence-corrected chi connectivity index (χ4v) is 10.7. The molecule has 0 radical (unpaired) electrons. The summed E-state index contributed by atoms with van der Waals surface area (Å²) in [5, 5.41) is 21.3. The Labute approximate surface area is 260 Å². The fraction of sp³-hybridized carbons (Fsp3) is 0.824. The van der Waals surface area contributed by atoms with Crippen molar-refractivity contribution in [3.8, 4) is 5.75 Å². The Morgan fingerprint density at radius 3 is 2.20 bits per heavy atom. The van der Waals surface area contributed by atoms with Crippen LogP contribution in [0.15, 0.2) is 18.2 Å². The standard InChI is InChI=1S/C34H48F6O3S/c1-31-15-13-24-23-12-11-22(41)20-26(23)30(35)25(29(24)27(31)21-28(42)32(31)16-17-32)10-7-5-3-2-4-6-8-18-44(43)19-9-14-33(36,37)34(38,39)40/h11-12,20,24-25,27-30,41-42H,2-10,13-19,21H2,1H3/t24?,25?,27?,28-,29?,30-,31+,44?/m1/s1. The van der Waals surface area contributed by atoms with E-state index in [2.05, 4.69) is 6.92 Å². The van der Waals surface area contributed by atoms with Gasteiger partial charge in [-0.2, -0.15) is 22.0 Å². The van der Waals surface area contributed by atoms with Crippen LogP contribution in [-0.2, 0) is 10.8 Å². The SMILES string of the molecule is C[C@]12CCC3c4ccc(O)cc4[C@H](F)C(CCCCCCCCCS(=O)CCCC(F)(F)C(F)(F)F)C3C1C[C@@H](O)C21CC1. The second-order valence-corrected chi connectivity index (χ2v) is 16.1. The lowest BCUT2D eigenvalue weighted by Crippen LogP contribution is -2.47. The summed E-state index contributed by atoms with van der Waals surface area (Å²) in [6, 6.07) is 5.22. The number of alkyl halides is 6. The van der Waals surface area contributed by atoms with Crippen molar-refractivity contribution in [3.05, 3.63) is 29.3 Å². The summed E-state index contributed by atoms with van der Waals surface area (Å²) in [4.78, 5) is 0. The highest BCUT2D eigenvalue weighted by atomic mass is 32.2. The Hall–Kier alpha value is -1.29. The molecule has 4 aliphatic carbocycles. The number of hydrogen-bond donors (Lipinski definition) is 2. The van der Waals surface area contributed by atoms with E-state index in [1.54, 1.807) is 12.1 Å². The zero-order chi connectivity index (χ0) is 31.9. The first-order valence-corrected chi connectivity index (χ1v) is 18.2. The molecule has 10 heteroatoms. The molecular formula is C34H48F6O3S. The number of benzene rings is 1. The number of fused-ring (bicyclic) bond motifs is 6. The van der Waals surface area contributed by atoms with Crippen LogP contribution in [0.3, 0.4) is 0 Å². The molecule has 250 valence electrons. The Bertz CT molecular complexity index is 1170. The van der Waals surface area contributed by atoms with Gasteiger partial charge in [-0.15, -0.1) is 0 Å². The number of aromatic hydroxyl groups is 1. The highest BCUT2D eigenvalue weighted by Crippen LogP contribution is 2.77. The summed E-state index contributed by atoms with van der Waals surface area (Å²) in [6.07, 6.45) is 3.26. The highest BCUT2D eigenvalue weighted by molar-refractivity contribution is 7.84. The van der Waals surface area contributed by atoms with Crippen molar-refractivity contribution in [1.29, 1.82) is 0 Å². The molecule has 5 unspecified atom stereocenters. The first kappa shape index (κ1) is 34.1. The third-order valence-corrected chi connectivity index (χ3v) is 13.6. The quantitative estimate of drug-likeness (QED) is 0.156. The van der Waals surface area contributed by atoms with Crippen molar-refractivity contribution in [2.45, 2.75) is 134 Å². The molecule has 0 saturated heterocycles. The lowest BCUT2D eigenvalue weighted by Gasteiger charge is -2.54. The van der Waals surface area contributed by atoms with E-state index in [1.807, 2.05) is 6.07 Å². The highest BCUT2D eigenvalue weighted by Gasteiger charge is 2.71. The third-order valence-electron chi connectivity index (χ3n) is 12.1. The van der Waals surface area contributed by atoms with Crippen LogP contribution in [0.2, 0.25) is 0 Å². The van der Waals surface area contributed by atoms with Gasteiger partial charge in [-0.3, -0.25) is 4.21 Å². The minimum absolute atomic E-state index is 0.0165. The van der Waals surface area contributed by atoms with Crippen LogP contribution in [0, 0.1) is 28.6 Å². The van der Waals surface area contributed by atoms with Crippen LogP contribution < -0.4 is 0 Å². The normalized spacial score (nSPS) is 33.1. The molecule has 3 saturated carbocycles. The van der Waals surface area contributed by atoms with Crippen molar-refractivity contribution in [2.24, 2.45) is 28.6 Å². The predicted molar refractivity (Wildman–Crippen MR) is 160 cm³/mol. The minimum Gasteiger partial charge on any atom is -0.508 e. The Morgan fingerprint density at radius 1 is 0.909 bits per heavy atom. The van der Waals surface area contributed by atoms with E-state index < -0.39 is 41.9 Å². The monoisotopic (exact) mass is 650 g/mol. The average molecular weight is 651 g/mol. The second kappa shape index (κ2) is 13.1. The molecule has 1 aromatic rings. The number of halogens is 6. The Kier molecular flexibility index (Phi) is 10.1. The molecule has 1 aromatic carbocycles. The molecule has 5 rings (SSSR count). The maximum Gasteiger partial charge on any atom is 0.453 e. The minimum atomic E-state index is -5.56. The Balaban J connectivity index is 1.06. The van der Waals surface area contributed by atoms with Gasteiger partial charge in [0.05, 0.1) is 6.10 Å². The summed E-state index contributed by atoms with van der Waals surface area (Å²) in [5.41, 5.74) is 1.76. The number of aliphatic hydroxyl groups excluding tert-OH is 1. The molecular weight excluding hydrogens is 602 g/mol. The van der Waals surface area contributed by atoms with Gasteiger partial charge >= 0.3 is 12.1 Å². The van der Waals surface area contributed by atoms with E-state index in [4.69, 9.17) is 0 Å². The number of phenolic OH excluding ortho intramolecular Hbond substituents is 1. The van der Waals surface area contributed by atoms with Crippen LogP contribution in [0.1, 0.15) is 126 Å². The summed E-state index contributed by atoms with van der Waals surface area (Å²) >= 11 is 0. The Morgan fingerprint density at radius 2 is 1.55 bits per heavy atom. The molecule has 44 heavy (non-hydrogen) atoms. The van der Waals surface area contributed by atoms with Gasteiger partial charge in [-0.1, -0.05) is 51.5 Å². The smallest absolute Gasteiger partial charge is 0.453 e. The van der Waals surface area contributed by atoms with E-state index in [0.717, 1.165) is 82.6 Å². The lowest BCUT2D eigenvalue weighted by molar-refractivity contribution is -0.284. The van der Waals surface area contributed by atoms with Crippen LogP contribution in [0.25, 0.3) is 0 Å². The molecule has 0 heterocycles. The number of unbranched alkanes of at least 4 members (excludes halogenated alkanes) is 6. The van der Waals surface area contributed by atoms with Crippen molar-refractivity contribution < 1.29 is 40.8 Å². The van der Waals surface area contributed by atoms with Gasteiger partial charge in [0.1, 0.15) is 11.9 Å². The van der Waals surface area contributed by atoms with E-state index in [1.165, 1.54) is 0 Å². The van der Waals surface area contributed by atoms with Gasteiger partial charge in [0.25, 0.3) is 0 Å². The molecule has 0 aromatic heterocycles. The fourth-order valence-electron chi connectivity index (χ4n) is 9.55. The van der Waals surface area contributed by atoms with Crippen molar-refractivity contribution in [2.75, 3.05) is 11.5 Å². The zero-order valence-electron chi connectivity index (χ0n) is 25.7. The van der Waals surface area contributed by atoms with Gasteiger partial charge < -0.3 is 10.2 Å². The average Bonchev–Trinajstić information content (AvgIpc) is 3.74. The molecule has 4 aliphatic rings. The first-order chi connectivity index (χ1) is 20.7. The summed E-state index contributed by atoms with van der Waals surface area (Å²) in [7, 11) is -1.39. The van der Waals surface area contributed by atoms with Crippen LogP contribution >= 0.6 is 0 Å². The van der Waals surface area contributed by atoms with Crippen LogP contribution in [0.5, 0.6) is 5.75 Å². The topological polar surface area (TPSA) is 57.5 Å². The third kappa shape index (κ3) is 6.46.